The van der Waals surface area contributed by atoms with Crippen molar-refractivity contribution in [1.82, 2.24) is 20.8 Å². The van der Waals surface area contributed by atoms with Crippen LogP contribution in [0.25, 0.3) is 0 Å². The molecule has 1 aliphatic rings. The number of hydrogen-bond acceptors (Lipinski definition) is 4. The van der Waals surface area contributed by atoms with Crippen molar-refractivity contribution in [2.24, 2.45) is 4.99 Å². The summed E-state index contributed by atoms with van der Waals surface area (Å²) in [6, 6.07) is 0.462. The molecule has 0 bridgehead atoms. The zero-order chi connectivity index (χ0) is 13.5. The van der Waals surface area contributed by atoms with E-state index in [9.17, 15) is 0 Å². The molecule has 20 heavy (non-hydrogen) atoms. The smallest absolute Gasteiger partial charge is 0.228 e. The third-order valence-electron chi connectivity index (χ3n) is 2.86. The van der Waals surface area contributed by atoms with Crippen LogP contribution in [0.1, 0.15) is 31.5 Å². The minimum Gasteiger partial charge on any atom is -0.357 e. The van der Waals surface area contributed by atoms with Gasteiger partial charge in [0.25, 0.3) is 0 Å². The highest BCUT2D eigenvalue weighted by atomic mass is 127. The van der Waals surface area contributed by atoms with E-state index in [0.29, 0.717) is 30.7 Å². The van der Waals surface area contributed by atoms with Crippen LogP contribution in [0.4, 0.5) is 0 Å². The number of hydrogen-bond donors (Lipinski definition) is 2. The number of rotatable bonds is 5. The van der Waals surface area contributed by atoms with E-state index in [4.69, 9.17) is 4.52 Å². The summed E-state index contributed by atoms with van der Waals surface area (Å²) in [6.07, 6.45) is 7.19. The second-order valence-corrected chi connectivity index (χ2v) is 4.53. The van der Waals surface area contributed by atoms with Gasteiger partial charge in [-0.05, 0) is 26.7 Å². The molecule has 0 unspecified atom stereocenters. The average molecular weight is 391 g/mol. The summed E-state index contributed by atoms with van der Waals surface area (Å²) in [6.45, 7) is 5.36. The van der Waals surface area contributed by atoms with E-state index < -0.39 is 0 Å². The first kappa shape index (κ1) is 16.9. The molecule has 2 rings (SSSR count). The predicted octanol–water partition coefficient (Wildman–Crippen LogP) is 1.81. The Hall–Kier alpha value is -1.12. The Morgan fingerprint density at radius 3 is 2.80 bits per heavy atom. The Morgan fingerprint density at radius 2 is 2.20 bits per heavy atom. The molecule has 0 fully saturated rings. The average Bonchev–Trinajstić information content (AvgIpc) is 3.01. The molecule has 0 aliphatic heterocycles. The first-order valence-corrected chi connectivity index (χ1v) is 6.77. The first-order valence-electron chi connectivity index (χ1n) is 6.77. The van der Waals surface area contributed by atoms with E-state index in [1.807, 2.05) is 6.92 Å². The van der Waals surface area contributed by atoms with Gasteiger partial charge in [-0.15, -0.1) is 24.0 Å². The number of halogens is 1. The summed E-state index contributed by atoms with van der Waals surface area (Å²) < 4.78 is 5.06. The van der Waals surface area contributed by atoms with Crippen LogP contribution >= 0.6 is 24.0 Å². The standard InChI is InChI=1S/C13H21N5O.HI/c1-3-14-13(17-11-6-4-5-7-11)15-9-8-12-16-10(2)18-19-12;/h4-5,11H,3,6-9H2,1-2H3,(H2,14,15,17);1H. The van der Waals surface area contributed by atoms with Gasteiger partial charge < -0.3 is 15.2 Å². The maximum absolute atomic E-state index is 5.06. The molecule has 6 nitrogen and oxygen atoms in total. The lowest BCUT2D eigenvalue weighted by Crippen LogP contribution is -2.42. The Labute approximate surface area is 136 Å². The molecule has 1 aromatic heterocycles. The van der Waals surface area contributed by atoms with Crippen LogP contribution in [0, 0.1) is 6.92 Å². The summed E-state index contributed by atoms with van der Waals surface area (Å²) in [5, 5.41) is 10.4. The SMILES string of the molecule is CCNC(=NCCc1nc(C)no1)NC1CC=CC1.I. The molecule has 1 heterocycles. The zero-order valence-electron chi connectivity index (χ0n) is 11.9. The molecule has 7 heteroatoms. The third kappa shape index (κ3) is 5.48. The summed E-state index contributed by atoms with van der Waals surface area (Å²) in [5.41, 5.74) is 0. The van der Waals surface area contributed by atoms with Gasteiger partial charge in [-0.2, -0.15) is 4.98 Å². The molecule has 0 radical (unpaired) electrons. The molecule has 112 valence electrons. The molecule has 2 N–H and O–H groups in total. The van der Waals surface area contributed by atoms with Gasteiger partial charge in [0.15, 0.2) is 11.8 Å². The van der Waals surface area contributed by atoms with Gasteiger partial charge in [0, 0.05) is 19.0 Å². The quantitative estimate of drug-likeness (QED) is 0.347. The fourth-order valence-corrected chi connectivity index (χ4v) is 1.95. The molecule has 1 aromatic rings. The number of nitrogens with one attached hydrogen (secondary N) is 2. The highest BCUT2D eigenvalue weighted by Crippen LogP contribution is 2.08. The van der Waals surface area contributed by atoms with Crippen molar-refractivity contribution >= 4 is 29.9 Å². The van der Waals surface area contributed by atoms with Crippen LogP contribution < -0.4 is 10.6 Å². The van der Waals surface area contributed by atoms with Crippen molar-refractivity contribution < 1.29 is 4.52 Å². The van der Waals surface area contributed by atoms with E-state index >= 15 is 0 Å². The van der Waals surface area contributed by atoms with Crippen LogP contribution in [-0.4, -0.2) is 35.2 Å². The largest absolute Gasteiger partial charge is 0.357 e. The lowest BCUT2D eigenvalue weighted by atomic mass is 10.2. The second-order valence-electron chi connectivity index (χ2n) is 4.53. The fraction of sp³-hybridized carbons (Fsp3) is 0.615. The monoisotopic (exact) mass is 391 g/mol. The van der Waals surface area contributed by atoms with Crippen molar-refractivity contribution in [2.75, 3.05) is 13.1 Å². The maximum atomic E-state index is 5.06. The predicted molar refractivity (Wildman–Crippen MR) is 89.4 cm³/mol. The second kappa shape index (κ2) is 8.93. The molecule has 0 atom stereocenters. The van der Waals surface area contributed by atoms with Gasteiger partial charge in [0.05, 0.1) is 6.54 Å². The third-order valence-corrected chi connectivity index (χ3v) is 2.86. The van der Waals surface area contributed by atoms with Crippen molar-refractivity contribution in [3.05, 3.63) is 23.9 Å². The summed E-state index contributed by atoms with van der Waals surface area (Å²) in [7, 11) is 0. The van der Waals surface area contributed by atoms with Crippen molar-refractivity contribution in [2.45, 2.75) is 39.2 Å². The minimum absolute atomic E-state index is 0. The molecular formula is C13H22IN5O. The van der Waals surface area contributed by atoms with E-state index in [-0.39, 0.29) is 24.0 Å². The van der Waals surface area contributed by atoms with Gasteiger partial charge in [-0.1, -0.05) is 17.3 Å². The Morgan fingerprint density at radius 1 is 1.45 bits per heavy atom. The first-order chi connectivity index (χ1) is 9.28. The van der Waals surface area contributed by atoms with Gasteiger partial charge in [-0.3, -0.25) is 4.99 Å². The molecule has 0 spiro atoms. The topological polar surface area (TPSA) is 75.3 Å². The number of guanidine groups is 1. The Kier molecular flexibility index (Phi) is 7.56. The molecule has 0 saturated carbocycles. The van der Waals surface area contributed by atoms with Gasteiger partial charge in [0.1, 0.15) is 0 Å². The van der Waals surface area contributed by atoms with Crippen LogP contribution in [0.3, 0.4) is 0 Å². The van der Waals surface area contributed by atoms with Crippen LogP contribution in [0.5, 0.6) is 0 Å². The van der Waals surface area contributed by atoms with Crippen molar-refractivity contribution in [1.29, 1.82) is 0 Å². The van der Waals surface area contributed by atoms with Crippen LogP contribution in [0.2, 0.25) is 0 Å². The van der Waals surface area contributed by atoms with Gasteiger partial charge >= 0.3 is 0 Å². The number of aromatic nitrogens is 2. The number of nitrogens with zero attached hydrogens (tertiary/aromatic N) is 3. The highest BCUT2D eigenvalue weighted by Gasteiger charge is 2.11. The van der Waals surface area contributed by atoms with Gasteiger partial charge in [0.2, 0.25) is 5.89 Å². The summed E-state index contributed by atoms with van der Waals surface area (Å²) in [4.78, 5) is 8.68. The minimum atomic E-state index is 0. The highest BCUT2D eigenvalue weighted by molar-refractivity contribution is 14.0. The van der Waals surface area contributed by atoms with E-state index in [0.717, 1.165) is 25.3 Å². The summed E-state index contributed by atoms with van der Waals surface area (Å²) in [5.74, 6) is 2.16. The normalized spacial score (nSPS) is 15.2. The Balaban J connectivity index is 0.00000200. The van der Waals surface area contributed by atoms with E-state index in [1.54, 1.807) is 0 Å². The zero-order valence-corrected chi connectivity index (χ0v) is 14.3. The molecule has 0 amide bonds. The van der Waals surface area contributed by atoms with Crippen molar-refractivity contribution in [3.63, 3.8) is 0 Å². The molecule has 0 saturated heterocycles. The molecule has 0 aromatic carbocycles. The molecule has 1 aliphatic carbocycles. The van der Waals surface area contributed by atoms with Gasteiger partial charge in [-0.25, -0.2) is 0 Å². The number of aliphatic imine (C=N–C) groups is 1. The maximum Gasteiger partial charge on any atom is 0.228 e. The Bertz CT molecular complexity index is 449. The summed E-state index contributed by atoms with van der Waals surface area (Å²) >= 11 is 0. The van der Waals surface area contributed by atoms with Crippen molar-refractivity contribution in [3.8, 4) is 0 Å². The van der Waals surface area contributed by atoms with Crippen LogP contribution in [0.15, 0.2) is 21.7 Å². The van der Waals surface area contributed by atoms with Crippen LogP contribution in [-0.2, 0) is 6.42 Å². The van der Waals surface area contributed by atoms with E-state index in [2.05, 4.69) is 44.8 Å². The van der Waals surface area contributed by atoms with E-state index in [1.165, 1.54) is 0 Å². The lowest BCUT2D eigenvalue weighted by Gasteiger charge is -2.16. The molecular weight excluding hydrogens is 369 g/mol. The number of aryl methyl sites for hydroxylation is 1. The fourth-order valence-electron chi connectivity index (χ4n) is 1.95. The lowest BCUT2D eigenvalue weighted by molar-refractivity contribution is 0.376.